The van der Waals surface area contributed by atoms with E-state index in [4.69, 9.17) is 14.5 Å². The average Bonchev–Trinajstić information content (AvgIpc) is 3.10. The van der Waals surface area contributed by atoms with Gasteiger partial charge in [-0.25, -0.2) is 4.99 Å². The number of likely N-dealkylation sites (tertiary alicyclic amines) is 1. The number of nitrogens with one attached hydrogen (secondary N) is 2. The Hall–Kier alpha value is -1.63. The molecule has 2 N–H and O–H groups in total. The van der Waals surface area contributed by atoms with Crippen molar-refractivity contribution in [1.82, 2.24) is 15.5 Å². The SMILES string of the molecule is CCNC(=NCc1ccccc1CN1CCCCCC1)NCCCOCC1CCOCC1. The summed E-state index contributed by atoms with van der Waals surface area (Å²) in [6, 6.07) is 8.79. The summed E-state index contributed by atoms with van der Waals surface area (Å²) >= 11 is 0. The van der Waals surface area contributed by atoms with Crippen LogP contribution in [0.1, 0.15) is 63.0 Å². The Morgan fingerprint density at radius 2 is 1.81 bits per heavy atom. The van der Waals surface area contributed by atoms with E-state index < -0.39 is 0 Å². The number of hydrogen-bond donors (Lipinski definition) is 2. The highest BCUT2D eigenvalue weighted by Gasteiger charge is 2.14. The van der Waals surface area contributed by atoms with E-state index in [1.807, 2.05) is 0 Å². The third-order valence-electron chi connectivity index (χ3n) is 6.42. The van der Waals surface area contributed by atoms with Crippen LogP contribution in [-0.2, 0) is 22.6 Å². The molecule has 0 spiro atoms. The molecule has 180 valence electrons. The number of ether oxygens (including phenoxy) is 2. The van der Waals surface area contributed by atoms with E-state index in [1.165, 1.54) is 49.9 Å². The molecule has 0 unspecified atom stereocenters. The molecular formula is C26H44N4O2. The van der Waals surface area contributed by atoms with Gasteiger partial charge in [-0.1, -0.05) is 37.1 Å². The molecule has 6 nitrogen and oxygen atoms in total. The lowest BCUT2D eigenvalue weighted by molar-refractivity contribution is 0.0203. The molecule has 0 aromatic heterocycles. The molecule has 0 aliphatic carbocycles. The molecule has 2 saturated heterocycles. The Bertz CT molecular complexity index is 653. The monoisotopic (exact) mass is 444 g/mol. The van der Waals surface area contributed by atoms with Crippen molar-refractivity contribution in [2.24, 2.45) is 10.9 Å². The van der Waals surface area contributed by atoms with E-state index >= 15 is 0 Å². The highest BCUT2D eigenvalue weighted by atomic mass is 16.5. The predicted octanol–water partition coefficient (Wildman–Crippen LogP) is 3.95. The van der Waals surface area contributed by atoms with E-state index in [9.17, 15) is 0 Å². The lowest BCUT2D eigenvalue weighted by atomic mass is 10.0. The van der Waals surface area contributed by atoms with Crippen molar-refractivity contribution in [3.8, 4) is 0 Å². The Balaban J connectivity index is 1.41. The first kappa shape index (κ1) is 25.0. The Morgan fingerprint density at radius 1 is 1.06 bits per heavy atom. The van der Waals surface area contributed by atoms with Crippen LogP contribution in [0.3, 0.4) is 0 Å². The summed E-state index contributed by atoms with van der Waals surface area (Å²) < 4.78 is 11.3. The zero-order valence-electron chi connectivity index (χ0n) is 20.1. The minimum Gasteiger partial charge on any atom is -0.381 e. The molecule has 6 heteroatoms. The number of aliphatic imine (C=N–C) groups is 1. The summed E-state index contributed by atoms with van der Waals surface area (Å²) in [7, 11) is 0. The van der Waals surface area contributed by atoms with Gasteiger partial charge in [0, 0.05) is 46.1 Å². The first-order valence-electron chi connectivity index (χ1n) is 12.8. The lowest BCUT2D eigenvalue weighted by Gasteiger charge is -2.21. The number of rotatable bonds is 11. The van der Waals surface area contributed by atoms with E-state index in [2.05, 4.69) is 46.7 Å². The molecule has 0 bridgehead atoms. The molecule has 2 heterocycles. The second-order valence-electron chi connectivity index (χ2n) is 9.07. The summed E-state index contributed by atoms with van der Waals surface area (Å²) in [4.78, 5) is 7.48. The maximum absolute atomic E-state index is 5.88. The van der Waals surface area contributed by atoms with Gasteiger partial charge in [0.2, 0.25) is 0 Å². The molecular weight excluding hydrogens is 400 g/mol. The van der Waals surface area contributed by atoms with Gasteiger partial charge in [-0.2, -0.15) is 0 Å². The average molecular weight is 445 g/mol. The van der Waals surface area contributed by atoms with Crippen molar-refractivity contribution in [3.63, 3.8) is 0 Å². The molecule has 3 rings (SSSR count). The maximum atomic E-state index is 5.88. The highest BCUT2D eigenvalue weighted by molar-refractivity contribution is 5.79. The quantitative estimate of drug-likeness (QED) is 0.307. The van der Waals surface area contributed by atoms with Crippen LogP contribution in [0, 0.1) is 5.92 Å². The standard InChI is InChI=1S/C26H44N4O2/c1-2-27-26(28-14-9-17-32-22-23-12-18-31-19-13-23)29-20-24-10-5-6-11-25(24)21-30-15-7-3-4-8-16-30/h5-6,10-11,23H,2-4,7-9,12-22H2,1H3,(H2,27,28,29). The van der Waals surface area contributed by atoms with Gasteiger partial charge in [-0.3, -0.25) is 4.90 Å². The van der Waals surface area contributed by atoms with Crippen molar-refractivity contribution < 1.29 is 9.47 Å². The molecule has 2 aliphatic heterocycles. The molecule has 2 aliphatic rings. The minimum atomic E-state index is 0.671. The molecule has 0 amide bonds. The Morgan fingerprint density at radius 3 is 2.56 bits per heavy atom. The number of nitrogens with zero attached hydrogens (tertiary/aromatic N) is 2. The van der Waals surface area contributed by atoms with Crippen LogP contribution in [0.2, 0.25) is 0 Å². The number of benzene rings is 1. The van der Waals surface area contributed by atoms with E-state index in [1.54, 1.807) is 0 Å². The van der Waals surface area contributed by atoms with Gasteiger partial charge in [0.1, 0.15) is 0 Å². The van der Waals surface area contributed by atoms with Crippen LogP contribution in [-0.4, -0.2) is 63.5 Å². The van der Waals surface area contributed by atoms with Gasteiger partial charge >= 0.3 is 0 Å². The number of hydrogen-bond acceptors (Lipinski definition) is 4. The van der Waals surface area contributed by atoms with Crippen LogP contribution >= 0.6 is 0 Å². The topological polar surface area (TPSA) is 58.1 Å². The van der Waals surface area contributed by atoms with E-state index in [0.717, 1.165) is 71.3 Å². The molecule has 0 saturated carbocycles. The fraction of sp³-hybridized carbons (Fsp3) is 0.731. The zero-order chi connectivity index (χ0) is 22.3. The van der Waals surface area contributed by atoms with Gasteiger partial charge in [0.05, 0.1) is 6.54 Å². The summed E-state index contributed by atoms with van der Waals surface area (Å²) in [6.45, 7) is 11.5. The molecule has 0 radical (unpaired) electrons. The van der Waals surface area contributed by atoms with Gasteiger partial charge in [0.15, 0.2) is 5.96 Å². The molecule has 32 heavy (non-hydrogen) atoms. The first-order valence-corrected chi connectivity index (χ1v) is 12.8. The largest absolute Gasteiger partial charge is 0.381 e. The van der Waals surface area contributed by atoms with Crippen LogP contribution < -0.4 is 10.6 Å². The fourth-order valence-corrected chi connectivity index (χ4v) is 4.45. The third-order valence-corrected chi connectivity index (χ3v) is 6.42. The lowest BCUT2D eigenvalue weighted by Crippen LogP contribution is -2.38. The van der Waals surface area contributed by atoms with Crippen LogP contribution in [0.5, 0.6) is 0 Å². The van der Waals surface area contributed by atoms with Crippen molar-refractivity contribution in [2.45, 2.75) is 65.0 Å². The van der Waals surface area contributed by atoms with Crippen LogP contribution in [0.4, 0.5) is 0 Å². The second-order valence-corrected chi connectivity index (χ2v) is 9.07. The second kappa shape index (κ2) is 15.3. The van der Waals surface area contributed by atoms with Crippen molar-refractivity contribution in [2.75, 3.05) is 52.6 Å². The van der Waals surface area contributed by atoms with Crippen molar-refractivity contribution in [1.29, 1.82) is 0 Å². The predicted molar refractivity (Wildman–Crippen MR) is 132 cm³/mol. The zero-order valence-corrected chi connectivity index (χ0v) is 20.1. The van der Waals surface area contributed by atoms with Gasteiger partial charge in [0.25, 0.3) is 0 Å². The third kappa shape index (κ3) is 9.47. The summed E-state index contributed by atoms with van der Waals surface area (Å²) in [6.07, 6.45) is 8.66. The molecule has 2 fully saturated rings. The summed E-state index contributed by atoms with van der Waals surface area (Å²) in [5.41, 5.74) is 2.74. The minimum absolute atomic E-state index is 0.671. The van der Waals surface area contributed by atoms with Gasteiger partial charge < -0.3 is 20.1 Å². The van der Waals surface area contributed by atoms with Crippen molar-refractivity contribution >= 4 is 5.96 Å². The van der Waals surface area contributed by atoms with Gasteiger partial charge in [-0.05, 0) is 69.2 Å². The highest BCUT2D eigenvalue weighted by Crippen LogP contribution is 2.17. The smallest absolute Gasteiger partial charge is 0.191 e. The van der Waals surface area contributed by atoms with Crippen LogP contribution in [0.25, 0.3) is 0 Å². The first-order chi connectivity index (χ1) is 15.8. The van der Waals surface area contributed by atoms with E-state index in [-0.39, 0.29) is 0 Å². The Labute approximate surface area is 195 Å². The maximum Gasteiger partial charge on any atom is 0.191 e. The summed E-state index contributed by atoms with van der Waals surface area (Å²) in [5, 5.41) is 6.85. The molecule has 1 aromatic carbocycles. The summed E-state index contributed by atoms with van der Waals surface area (Å²) in [5.74, 6) is 1.56. The molecule has 0 atom stereocenters. The van der Waals surface area contributed by atoms with Crippen LogP contribution in [0.15, 0.2) is 29.3 Å². The normalized spacial score (nSPS) is 19.0. The van der Waals surface area contributed by atoms with Crippen molar-refractivity contribution in [3.05, 3.63) is 35.4 Å². The Kier molecular flexibility index (Phi) is 11.9. The van der Waals surface area contributed by atoms with Gasteiger partial charge in [-0.15, -0.1) is 0 Å². The van der Waals surface area contributed by atoms with E-state index in [0.29, 0.717) is 12.5 Å². The fourth-order valence-electron chi connectivity index (χ4n) is 4.45. The molecule has 1 aromatic rings. The number of guanidine groups is 1.